The number of hydrogen-bond donors (Lipinski definition) is 1. The second kappa shape index (κ2) is 6.95. The zero-order valence-corrected chi connectivity index (χ0v) is 13.5. The van der Waals surface area contributed by atoms with Gasteiger partial charge in [0, 0.05) is 26.2 Å². The van der Waals surface area contributed by atoms with Crippen LogP contribution < -0.4 is 0 Å². The molecule has 21 heavy (non-hydrogen) atoms. The molecule has 0 aromatic heterocycles. The zero-order chi connectivity index (χ0) is 14.8. The first-order valence-corrected chi connectivity index (χ1v) is 8.73. The first kappa shape index (κ1) is 15.7. The molecule has 2 saturated carbocycles. The Morgan fingerprint density at radius 1 is 1.19 bits per heavy atom. The Morgan fingerprint density at radius 3 is 2.57 bits per heavy atom. The first-order chi connectivity index (χ1) is 10.1. The number of ether oxygens (including phenoxy) is 2. The molecule has 0 aromatic carbocycles. The van der Waals surface area contributed by atoms with Gasteiger partial charge in [0.05, 0.1) is 24.9 Å². The Labute approximate surface area is 128 Å². The van der Waals surface area contributed by atoms with E-state index in [2.05, 4.69) is 18.7 Å². The van der Waals surface area contributed by atoms with Crippen molar-refractivity contribution in [3.8, 4) is 0 Å². The van der Waals surface area contributed by atoms with E-state index < -0.39 is 0 Å². The molecule has 3 aliphatic rings. The molecule has 122 valence electrons. The van der Waals surface area contributed by atoms with Crippen molar-refractivity contribution in [2.45, 2.75) is 57.8 Å². The van der Waals surface area contributed by atoms with E-state index in [-0.39, 0.29) is 18.3 Å². The van der Waals surface area contributed by atoms with Crippen LogP contribution in [0.25, 0.3) is 0 Å². The van der Waals surface area contributed by atoms with E-state index in [4.69, 9.17) is 9.47 Å². The van der Waals surface area contributed by atoms with Gasteiger partial charge in [0.15, 0.2) is 0 Å². The Kier molecular flexibility index (Phi) is 5.20. The van der Waals surface area contributed by atoms with Crippen LogP contribution in [0.1, 0.15) is 39.5 Å². The van der Waals surface area contributed by atoms with Crippen molar-refractivity contribution >= 4 is 0 Å². The van der Waals surface area contributed by atoms with Crippen molar-refractivity contribution in [3.05, 3.63) is 0 Å². The van der Waals surface area contributed by atoms with Crippen molar-refractivity contribution in [1.82, 2.24) is 4.90 Å². The summed E-state index contributed by atoms with van der Waals surface area (Å²) >= 11 is 0. The predicted molar refractivity (Wildman–Crippen MR) is 82.2 cm³/mol. The predicted octanol–water partition coefficient (Wildman–Crippen LogP) is 1.91. The van der Waals surface area contributed by atoms with E-state index >= 15 is 0 Å². The lowest BCUT2D eigenvalue weighted by molar-refractivity contribution is -0.0832. The normalized spacial score (nSPS) is 41.6. The summed E-state index contributed by atoms with van der Waals surface area (Å²) in [5, 5.41) is 10.2. The van der Waals surface area contributed by atoms with Crippen LogP contribution in [0.3, 0.4) is 0 Å². The summed E-state index contributed by atoms with van der Waals surface area (Å²) in [6.45, 7) is 8.06. The molecule has 4 heteroatoms. The molecule has 4 nitrogen and oxygen atoms in total. The molecule has 6 atom stereocenters. The lowest BCUT2D eigenvalue weighted by Gasteiger charge is -2.36. The molecule has 0 amide bonds. The van der Waals surface area contributed by atoms with Crippen molar-refractivity contribution in [2.75, 3.05) is 32.8 Å². The van der Waals surface area contributed by atoms with E-state index in [0.717, 1.165) is 37.5 Å². The minimum atomic E-state index is -0.374. The molecule has 3 rings (SSSR count). The summed E-state index contributed by atoms with van der Waals surface area (Å²) in [5.41, 5.74) is 0. The fraction of sp³-hybridized carbons (Fsp3) is 1.00. The van der Waals surface area contributed by atoms with Crippen LogP contribution in [0, 0.1) is 17.8 Å². The van der Waals surface area contributed by atoms with Crippen LogP contribution in [0.4, 0.5) is 0 Å². The SMILES string of the molecule is C[C@@H]1CN(C[C@H](O)COC[C@@H]2C[C@@H]3CC[C@@H]2C3)C[C@H](C)O1. The maximum atomic E-state index is 10.2. The molecule has 1 heterocycles. The highest BCUT2D eigenvalue weighted by Crippen LogP contribution is 2.48. The van der Waals surface area contributed by atoms with Crippen LogP contribution in [-0.4, -0.2) is 61.2 Å². The van der Waals surface area contributed by atoms with E-state index in [1.807, 2.05) is 0 Å². The molecular formula is C17H31NO3. The third kappa shape index (κ3) is 4.19. The summed E-state index contributed by atoms with van der Waals surface area (Å²) in [5.74, 6) is 2.65. The smallest absolute Gasteiger partial charge is 0.0900 e. The van der Waals surface area contributed by atoms with Gasteiger partial charge in [0.25, 0.3) is 0 Å². The van der Waals surface area contributed by atoms with Gasteiger partial charge in [-0.05, 0) is 50.9 Å². The second-order valence-electron chi connectivity index (χ2n) is 7.60. The van der Waals surface area contributed by atoms with Gasteiger partial charge in [-0.2, -0.15) is 0 Å². The topological polar surface area (TPSA) is 41.9 Å². The number of fused-ring (bicyclic) bond motifs is 2. The molecule has 2 aliphatic carbocycles. The molecule has 3 fully saturated rings. The van der Waals surface area contributed by atoms with Crippen LogP contribution in [0.2, 0.25) is 0 Å². The highest BCUT2D eigenvalue weighted by Gasteiger charge is 2.39. The molecule has 0 spiro atoms. The lowest BCUT2D eigenvalue weighted by atomic mass is 9.90. The van der Waals surface area contributed by atoms with Gasteiger partial charge in [0.1, 0.15) is 0 Å². The quantitative estimate of drug-likeness (QED) is 0.813. The van der Waals surface area contributed by atoms with Crippen molar-refractivity contribution in [1.29, 1.82) is 0 Å². The number of morpholine rings is 1. The molecule has 1 N–H and O–H groups in total. The molecule has 0 aromatic rings. The maximum absolute atomic E-state index is 10.2. The van der Waals surface area contributed by atoms with Crippen LogP contribution in [0.15, 0.2) is 0 Å². The third-order valence-corrected chi connectivity index (χ3v) is 5.49. The monoisotopic (exact) mass is 297 g/mol. The third-order valence-electron chi connectivity index (χ3n) is 5.49. The van der Waals surface area contributed by atoms with Crippen molar-refractivity contribution < 1.29 is 14.6 Å². The molecular weight excluding hydrogens is 266 g/mol. The highest BCUT2D eigenvalue weighted by molar-refractivity contribution is 4.89. The van der Waals surface area contributed by atoms with Crippen LogP contribution in [0.5, 0.6) is 0 Å². The van der Waals surface area contributed by atoms with Gasteiger partial charge in [0.2, 0.25) is 0 Å². The summed E-state index contributed by atoms with van der Waals surface area (Å²) < 4.78 is 11.5. The Hall–Kier alpha value is -0.160. The second-order valence-corrected chi connectivity index (χ2v) is 7.60. The van der Waals surface area contributed by atoms with Gasteiger partial charge in [-0.25, -0.2) is 0 Å². The van der Waals surface area contributed by atoms with Crippen LogP contribution in [-0.2, 0) is 9.47 Å². The first-order valence-electron chi connectivity index (χ1n) is 8.73. The Bertz CT molecular complexity index is 328. The molecule has 1 aliphatic heterocycles. The average molecular weight is 297 g/mol. The highest BCUT2D eigenvalue weighted by atomic mass is 16.5. The molecule has 0 unspecified atom stereocenters. The fourth-order valence-corrected chi connectivity index (χ4v) is 4.72. The van der Waals surface area contributed by atoms with Gasteiger partial charge in [-0.1, -0.05) is 6.42 Å². The summed E-state index contributed by atoms with van der Waals surface area (Å²) in [6.07, 6.45) is 5.79. The zero-order valence-electron chi connectivity index (χ0n) is 13.5. The maximum Gasteiger partial charge on any atom is 0.0900 e. The Balaban J connectivity index is 1.32. The minimum Gasteiger partial charge on any atom is -0.389 e. The van der Waals surface area contributed by atoms with Gasteiger partial charge in [-0.3, -0.25) is 4.90 Å². The van der Waals surface area contributed by atoms with Crippen molar-refractivity contribution in [2.24, 2.45) is 17.8 Å². The van der Waals surface area contributed by atoms with Crippen molar-refractivity contribution in [3.63, 3.8) is 0 Å². The van der Waals surface area contributed by atoms with Gasteiger partial charge in [-0.15, -0.1) is 0 Å². The average Bonchev–Trinajstić information content (AvgIpc) is 2.99. The van der Waals surface area contributed by atoms with E-state index in [9.17, 15) is 5.11 Å². The number of aliphatic hydroxyl groups is 1. The summed E-state index contributed by atoms with van der Waals surface area (Å²) in [7, 11) is 0. The lowest BCUT2D eigenvalue weighted by Crippen LogP contribution is -2.48. The van der Waals surface area contributed by atoms with E-state index in [1.165, 1.54) is 25.7 Å². The number of rotatable bonds is 6. The van der Waals surface area contributed by atoms with Gasteiger partial charge < -0.3 is 14.6 Å². The number of nitrogens with zero attached hydrogens (tertiary/aromatic N) is 1. The summed E-state index contributed by atoms with van der Waals surface area (Å²) in [6, 6.07) is 0. The van der Waals surface area contributed by atoms with E-state index in [1.54, 1.807) is 0 Å². The number of aliphatic hydroxyl groups excluding tert-OH is 1. The standard InChI is InChI=1S/C17H31NO3/c1-12-7-18(8-13(2)21-12)9-17(19)11-20-10-16-6-14-3-4-15(16)5-14/h12-17,19H,3-11H2,1-2H3/t12-,13+,14-,15-,16+,17+/m1/s1. The van der Waals surface area contributed by atoms with Crippen LogP contribution >= 0.6 is 0 Å². The molecule has 1 saturated heterocycles. The summed E-state index contributed by atoms with van der Waals surface area (Å²) in [4.78, 5) is 2.30. The largest absolute Gasteiger partial charge is 0.389 e. The van der Waals surface area contributed by atoms with Gasteiger partial charge >= 0.3 is 0 Å². The van der Waals surface area contributed by atoms with E-state index in [0.29, 0.717) is 13.2 Å². The number of hydrogen-bond acceptors (Lipinski definition) is 4. The number of β-amino-alcohol motifs (C(OH)–C–C–N with tert-alkyl or cyclic N) is 1. The molecule has 0 radical (unpaired) electrons. The minimum absolute atomic E-state index is 0.260. The fourth-order valence-electron chi connectivity index (χ4n) is 4.72. The molecule has 2 bridgehead atoms. The Morgan fingerprint density at radius 2 is 1.95 bits per heavy atom.